The topological polar surface area (TPSA) is 101 Å². The summed E-state index contributed by atoms with van der Waals surface area (Å²) in [5, 5.41) is 11.2. The van der Waals surface area contributed by atoms with Gasteiger partial charge in [0.05, 0.1) is 6.61 Å². The minimum atomic E-state index is -0.793. The summed E-state index contributed by atoms with van der Waals surface area (Å²) in [7, 11) is 0. The second-order valence-electron chi connectivity index (χ2n) is 3.28. The first-order chi connectivity index (χ1) is 6.72. The summed E-state index contributed by atoms with van der Waals surface area (Å²) in [4.78, 5) is 11.0. The molecule has 1 unspecified atom stereocenters. The standard InChI is InChI=1S/C9H21N3O2/c10-5-3-1-2-4-6-12-9(14)8(11)7-13/h8,13H,1-7,10-11H2,(H,12,14). The van der Waals surface area contributed by atoms with Crippen molar-refractivity contribution in [1.29, 1.82) is 0 Å². The number of rotatable bonds is 8. The molecule has 0 heterocycles. The number of hydrogen-bond acceptors (Lipinski definition) is 4. The van der Waals surface area contributed by atoms with E-state index in [1.807, 2.05) is 0 Å². The van der Waals surface area contributed by atoms with Crippen LogP contribution in [-0.2, 0) is 4.79 Å². The lowest BCUT2D eigenvalue weighted by Gasteiger charge is -2.08. The Kier molecular flexibility index (Phi) is 8.51. The smallest absolute Gasteiger partial charge is 0.239 e. The van der Waals surface area contributed by atoms with E-state index in [0.29, 0.717) is 6.54 Å². The van der Waals surface area contributed by atoms with Crippen LogP contribution in [0.4, 0.5) is 0 Å². The van der Waals surface area contributed by atoms with E-state index in [1.165, 1.54) is 0 Å². The highest BCUT2D eigenvalue weighted by molar-refractivity contribution is 5.81. The summed E-state index contributed by atoms with van der Waals surface area (Å²) in [5.41, 5.74) is 10.6. The number of unbranched alkanes of at least 4 members (excludes halogenated alkanes) is 3. The van der Waals surface area contributed by atoms with Crippen molar-refractivity contribution in [3.63, 3.8) is 0 Å². The highest BCUT2D eigenvalue weighted by Gasteiger charge is 2.09. The van der Waals surface area contributed by atoms with Crippen LogP contribution in [0.25, 0.3) is 0 Å². The molecule has 6 N–H and O–H groups in total. The average molecular weight is 203 g/mol. The van der Waals surface area contributed by atoms with E-state index in [1.54, 1.807) is 0 Å². The van der Waals surface area contributed by atoms with Crippen LogP contribution in [0.1, 0.15) is 25.7 Å². The molecule has 0 aromatic heterocycles. The normalized spacial score (nSPS) is 12.5. The molecule has 0 aliphatic rings. The van der Waals surface area contributed by atoms with Gasteiger partial charge < -0.3 is 21.9 Å². The number of amides is 1. The molecular formula is C9H21N3O2. The van der Waals surface area contributed by atoms with Crippen LogP contribution >= 0.6 is 0 Å². The van der Waals surface area contributed by atoms with Gasteiger partial charge in [0.2, 0.25) is 5.91 Å². The van der Waals surface area contributed by atoms with Gasteiger partial charge in [-0.15, -0.1) is 0 Å². The fourth-order valence-corrected chi connectivity index (χ4v) is 1.05. The molecule has 1 amide bonds. The van der Waals surface area contributed by atoms with Gasteiger partial charge in [0.1, 0.15) is 6.04 Å². The van der Waals surface area contributed by atoms with Crippen LogP contribution in [0.3, 0.4) is 0 Å². The number of nitrogens with two attached hydrogens (primary N) is 2. The van der Waals surface area contributed by atoms with Crippen molar-refractivity contribution in [1.82, 2.24) is 5.32 Å². The Labute approximate surface area is 84.8 Å². The molecule has 0 bridgehead atoms. The Morgan fingerprint density at radius 2 is 1.93 bits per heavy atom. The summed E-state index contributed by atoms with van der Waals surface area (Å²) in [5.74, 6) is -0.286. The fourth-order valence-electron chi connectivity index (χ4n) is 1.05. The molecule has 1 atom stereocenters. The van der Waals surface area contributed by atoms with Gasteiger partial charge in [-0.2, -0.15) is 0 Å². The maximum Gasteiger partial charge on any atom is 0.239 e. The lowest BCUT2D eigenvalue weighted by atomic mass is 10.2. The maximum absolute atomic E-state index is 11.0. The van der Waals surface area contributed by atoms with Gasteiger partial charge in [0, 0.05) is 6.54 Å². The van der Waals surface area contributed by atoms with Crippen molar-refractivity contribution in [2.45, 2.75) is 31.7 Å². The molecule has 0 rings (SSSR count). The molecule has 0 aromatic rings. The quantitative estimate of drug-likeness (QED) is 0.378. The van der Waals surface area contributed by atoms with Gasteiger partial charge in [-0.1, -0.05) is 12.8 Å². The average Bonchev–Trinajstić information content (AvgIpc) is 2.21. The highest BCUT2D eigenvalue weighted by Crippen LogP contribution is 1.96. The van der Waals surface area contributed by atoms with E-state index in [9.17, 15) is 4.79 Å². The highest BCUT2D eigenvalue weighted by atomic mass is 16.3. The molecule has 0 radical (unpaired) electrons. The third-order valence-corrected chi connectivity index (χ3v) is 1.96. The predicted molar refractivity (Wildman–Crippen MR) is 55.6 cm³/mol. The second kappa shape index (κ2) is 8.93. The Hall–Kier alpha value is -0.650. The molecule has 5 nitrogen and oxygen atoms in total. The van der Waals surface area contributed by atoms with Gasteiger partial charge in [0.15, 0.2) is 0 Å². The minimum Gasteiger partial charge on any atom is -0.394 e. The number of carbonyl (C=O) groups excluding carboxylic acids is 1. The monoisotopic (exact) mass is 203 g/mol. The van der Waals surface area contributed by atoms with Crippen LogP contribution in [-0.4, -0.2) is 36.8 Å². The molecule has 0 saturated carbocycles. The van der Waals surface area contributed by atoms with Gasteiger partial charge in [-0.25, -0.2) is 0 Å². The fraction of sp³-hybridized carbons (Fsp3) is 0.889. The van der Waals surface area contributed by atoms with E-state index in [4.69, 9.17) is 16.6 Å². The molecule has 0 fully saturated rings. The molecule has 0 spiro atoms. The van der Waals surface area contributed by atoms with Crippen LogP contribution in [0.2, 0.25) is 0 Å². The van der Waals surface area contributed by atoms with Gasteiger partial charge in [0.25, 0.3) is 0 Å². The molecule has 0 aliphatic heterocycles. The molecule has 0 aliphatic carbocycles. The van der Waals surface area contributed by atoms with Crippen LogP contribution in [0, 0.1) is 0 Å². The zero-order chi connectivity index (χ0) is 10.8. The summed E-state index contributed by atoms with van der Waals surface area (Å²) in [6.07, 6.45) is 4.12. The lowest BCUT2D eigenvalue weighted by molar-refractivity contribution is -0.123. The van der Waals surface area contributed by atoms with Gasteiger partial charge >= 0.3 is 0 Å². The van der Waals surface area contributed by atoms with Gasteiger partial charge in [-0.3, -0.25) is 4.79 Å². The lowest BCUT2D eigenvalue weighted by Crippen LogP contribution is -2.43. The maximum atomic E-state index is 11.0. The molecule has 5 heteroatoms. The van der Waals surface area contributed by atoms with E-state index in [-0.39, 0.29) is 12.5 Å². The number of nitrogens with one attached hydrogen (secondary N) is 1. The largest absolute Gasteiger partial charge is 0.394 e. The van der Waals surface area contributed by atoms with Crippen LogP contribution < -0.4 is 16.8 Å². The predicted octanol–water partition coefficient (Wildman–Crippen LogP) is -1.06. The van der Waals surface area contributed by atoms with Crippen molar-refractivity contribution in [2.24, 2.45) is 11.5 Å². The molecular weight excluding hydrogens is 182 g/mol. The van der Waals surface area contributed by atoms with E-state index < -0.39 is 6.04 Å². The molecule has 84 valence electrons. The Balaban J connectivity index is 3.23. The third kappa shape index (κ3) is 6.82. The van der Waals surface area contributed by atoms with Crippen molar-refractivity contribution in [2.75, 3.05) is 19.7 Å². The Bertz CT molecular complexity index is 153. The second-order valence-corrected chi connectivity index (χ2v) is 3.28. The zero-order valence-electron chi connectivity index (χ0n) is 8.54. The number of aliphatic hydroxyl groups is 1. The zero-order valence-corrected chi connectivity index (χ0v) is 8.54. The van der Waals surface area contributed by atoms with Gasteiger partial charge in [-0.05, 0) is 19.4 Å². The van der Waals surface area contributed by atoms with Crippen molar-refractivity contribution in [3.8, 4) is 0 Å². The van der Waals surface area contributed by atoms with Crippen LogP contribution in [0.5, 0.6) is 0 Å². The van der Waals surface area contributed by atoms with E-state index in [2.05, 4.69) is 5.32 Å². The first-order valence-corrected chi connectivity index (χ1v) is 5.06. The summed E-state index contributed by atoms with van der Waals surface area (Å²) >= 11 is 0. The number of aliphatic hydroxyl groups excluding tert-OH is 1. The van der Waals surface area contributed by atoms with E-state index in [0.717, 1.165) is 32.2 Å². The molecule has 0 aromatic carbocycles. The number of carbonyl (C=O) groups is 1. The summed E-state index contributed by atoms with van der Waals surface area (Å²) < 4.78 is 0. The van der Waals surface area contributed by atoms with E-state index >= 15 is 0 Å². The molecule has 14 heavy (non-hydrogen) atoms. The Morgan fingerprint density at radius 3 is 2.50 bits per heavy atom. The summed E-state index contributed by atoms with van der Waals surface area (Å²) in [6, 6.07) is -0.793. The summed E-state index contributed by atoms with van der Waals surface area (Å²) in [6.45, 7) is 1.04. The first-order valence-electron chi connectivity index (χ1n) is 5.06. The minimum absolute atomic E-state index is 0.286. The SMILES string of the molecule is NCCCCCCNC(=O)C(N)CO. The molecule has 0 saturated heterocycles. The van der Waals surface area contributed by atoms with Crippen molar-refractivity contribution in [3.05, 3.63) is 0 Å². The third-order valence-electron chi connectivity index (χ3n) is 1.96. The van der Waals surface area contributed by atoms with Crippen LogP contribution in [0.15, 0.2) is 0 Å². The van der Waals surface area contributed by atoms with Crippen molar-refractivity contribution >= 4 is 5.91 Å². The van der Waals surface area contributed by atoms with Crippen molar-refractivity contribution < 1.29 is 9.90 Å². The first kappa shape index (κ1) is 13.4. The Morgan fingerprint density at radius 1 is 1.29 bits per heavy atom. The number of hydrogen-bond donors (Lipinski definition) is 4.